The van der Waals surface area contributed by atoms with Crippen LogP contribution in [0.25, 0.3) is 0 Å². The van der Waals surface area contributed by atoms with Gasteiger partial charge in [0.05, 0.1) is 6.33 Å². The molecule has 0 saturated heterocycles. The minimum atomic E-state index is -0.142. The van der Waals surface area contributed by atoms with E-state index in [9.17, 15) is 9.18 Å². The van der Waals surface area contributed by atoms with Crippen molar-refractivity contribution in [1.29, 1.82) is 0 Å². The molecule has 3 aliphatic rings. The van der Waals surface area contributed by atoms with E-state index in [0.29, 0.717) is 11.9 Å². The summed E-state index contributed by atoms with van der Waals surface area (Å²) in [4.78, 5) is 12.2. The van der Waals surface area contributed by atoms with Crippen molar-refractivity contribution in [3.05, 3.63) is 41.7 Å². The summed E-state index contributed by atoms with van der Waals surface area (Å²) in [6.07, 6.45) is 6.58. The number of ether oxygens (including phenoxy) is 1. The average Bonchev–Trinajstić information content (AvgIpc) is 2.70. The molecule has 3 saturated carbocycles. The average molecular weight is 383 g/mol. The van der Waals surface area contributed by atoms with Crippen LogP contribution < -0.4 is 15.8 Å². The Labute approximate surface area is 160 Å². The third-order valence-electron chi connectivity index (χ3n) is 6.26. The van der Waals surface area contributed by atoms with Crippen molar-refractivity contribution in [3.63, 3.8) is 0 Å². The Kier molecular flexibility index (Phi) is 6.69. The van der Waals surface area contributed by atoms with Gasteiger partial charge >= 0.3 is 0 Å². The largest absolute Gasteiger partial charge is 0.489 e. The Balaban J connectivity index is 0.00000243. The highest BCUT2D eigenvalue weighted by atomic mass is 35.5. The third-order valence-corrected chi connectivity index (χ3v) is 6.26. The number of carbonyl (C=O) groups excluding carboxylic acids is 1. The van der Waals surface area contributed by atoms with Gasteiger partial charge in [-0.3, -0.25) is 4.79 Å². The number of benzene rings is 1. The van der Waals surface area contributed by atoms with E-state index in [1.54, 1.807) is 7.05 Å². The molecule has 3 N–H and O–H groups in total. The van der Waals surface area contributed by atoms with Gasteiger partial charge in [0.25, 0.3) is 0 Å². The summed E-state index contributed by atoms with van der Waals surface area (Å²) in [5.41, 5.74) is 7.24. The molecule has 26 heavy (non-hydrogen) atoms. The van der Waals surface area contributed by atoms with Gasteiger partial charge in [0, 0.05) is 24.6 Å². The van der Waals surface area contributed by atoms with Crippen LogP contribution in [0.5, 0.6) is 5.75 Å². The van der Waals surface area contributed by atoms with Gasteiger partial charge in [-0.1, -0.05) is 12.1 Å². The van der Waals surface area contributed by atoms with Crippen molar-refractivity contribution in [2.24, 2.45) is 11.1 Å². The van der Waals surface area contributed by atoms with Crippen LogP contribution in [0.4, 0.5) is 4.39 Å². The van der Waals surface area contributed by atoms with Gasteiger partial charge < -0.3 is 15.8 Å². The number of hydrogen-bond donors (Lipinski definition) is 2. The van der Waals surface area contributed by atoms with E-state index in [1.807, 2.05) is 12.1 Å². The first-order chi connectivity index (χ1) is 12.1. The zero-order chi connectivity index (χ0) is 17.9. The number of nitrogens with one attached hydrogen (secondary N) is 1. The second-order valence-corrected chi connectivity index (χ2v) is 7.42. The molecule has 1 aromatic carbocycles. The van der Waals surface area contributed by atoms with Crippen LogP contribution in [0.15, 0.2) is 36.2 Å². The van der Waals surface area contributed by atoms with Crippen LogP contribution in [0.2, 0.25) is 0 Å². The van der Waals surface area contributed by atoms with Gasteiger partial charge in [0.15, 0.2) is 0 Å². The summed E-state index contributed by atoms with van der Waals surface area (Å²) in [7, 11) is 1.74. The van der Waals surface area contributed by atoms with Crippen LogP contribution in [0.1, 0.15) is 44.1 Å². The lowest BCUT2D eigenvalue weighted by Crippen LogP contribution is -2.51. The van der Waals surface area contributed by atoms with Gasteiger partial charge in [-0.05, 0) is 61.6 Å². The molecule has 1 amide bonds. The first-order valence-corrected chi connectivity index (χ1v) is 9.01. The van der Waals surface area contributed by atoms with E-state index < -0.39 is 0 Å². The molecular weight excluding hydrogens is 355 g/mol. The number of halogens is 2. The van der Waals surface area contributed by atoms with E-state index in [0.717, 1.165) is 44.3 Å². The van der Waals surface area contributed by atoms with E-state index in [-0.39, 0.29) is 42.3 Å². The van der Waals surface area contributed by atoms with Gasteiger partial charge in [-0.25, -0.2) is 4.39 Å². The van der Waals surface area contributed by atoms with Crippen LogP contribution in [-0.2, 0) is 10.2 Å². The molecule has 2 bridgehead atoms. The second kappa shape index (κ2) is 8.40. The van der Waals surface area contributed by atoms with Crippen molar-refractivity contribution in [2.45, 2.75) is 43.9 Å². The lowest BCUT2D eigenvalue weighted by molar-refractivity contribution is -0.137. The van der Waals surface area contributed by atoms with E-state index in [1.165, 1.54) is 5.56 Å². The molecular formula is C20H28ClFN2O2. The van der Waals surface area contributed by atoms with Crippen LogP contribution in [0, 0.1) is 5.41 Å². The summed E-state index contributed by atoms with van der Waals surface area (Å²) in [5.74, 6) is 0.931. The fraction of sp³-hybridized carbons (Fsp3) is 0.550. The number of nitrogens with two attached hydrogens (primary N) is 1. The molecule has 0 aliphatic heterocycles. The van der Waals surface area contributed by atoms with Gasteiger partial charge in [0.1, 0.15) is 12.4 Å². The number of amides is 1. The first kappa shape index (κ1) is 20.7. The summed E-state index contributed by atoms with van der Waals surface area (Å²) in [6.45, 7) is 0.330. The highest BCUT2D eigenvalue weighted by Crippen LogP contribution is 2.57. The molecule has 1 aromatic rings. The topological polar surface area (TPSA) is 64.3 Å². The predicted octanol–water partition coefficient (Wildman–Crippen LogP) is 3.64. The van der Waals surface area contributed by atoms with E-state index in [2.05, 4.69) is 17.4 Å². The SMILES string of the molecule is CNC(=O)C12CCC(c3ccc(OC/C(=C/F)CN)cc3)(CC1)CC2.Cl. The summed E-state index contributed by atoms with van der Waals surface area (Å²) < 4.78 is 18.1. The lowest BCUT2D eigenvalue weighted by Gasteiger charge is -2.52. The molecule has 0 unspecified atom stereocenters. The maximum absolute atomic E-state index is 12.5. The Bertz CT molecular complexity index is 636. The zero-order valence-corrected chi connectivity index (χ0v) is 16.0. The zero-order valence-electron chi connectivity index (χ0n) is 15.2. The highest BCUT2D eigenvalue weighted by Gasteiger charge is 2.52. The van der Waals surface area contributed by atoms with E-state index in [4.69, 9.17) is 10.5 Å². The molecule has 3 aliphatic carbocycles. The molecule has 0 radical (unpaired) electrons. The van der Waals surface area contributed by atoms with Crippen molar-refractivity contribution in [2.75, 3.05) is 20.2 Å². The smallest absolute Gasteiger partial charge is 0.225 e. The maximum atomic E-state index is 12.5. The van der Waals surface area contributed by atoms with Gasteiger partial charge in [-0.15, -0.1) is 12.4 Å². The lowest BCUT2D eigenvalue weighted by atomic mass is 9.51. The standard InChI is InChI=1S/C20H27FN2O2.ClH/c1-23-18(24)20-9-6-19(7-10-20,8-11-20)16-2-4-17(5-3-16)25-14-15(12-21)13-22;/h2-5,12H,6-11,13-14,22H2,1H3,(H,23,24);1H/b15-12+;. The van der Waals surface area contributed by atoms with Crippen molar-refractivity contribution in [3.8, 4) is 5.75 Å². The monoisotopic (exact) mass is 382 g/mol. The molecule has 0 spiro atoms. The Morgan fingerprint density at radius 1 is 1.19 bits per heavy atom. The number of carbonyl (C=O) groups is 1. The van der Waals surface area contributed by atoms with Crippen molar-refractivity contribution >= 4 is 18.3 Å². The highest BCUT2D eigenvalue weighted by molar-refractivity contribution is 5.85. The molecule has 4 nitrogen and oxygen atoms in total. The second-order valence-electron chi connectivity index (χ2n) is 7.42. The molecule has 0 heterocycles. The molecule has 0 aromatic heterocycles. The predicted molar refractivity (Wildman–Crippen MR) is 103 cm³/mol. The van der Waals surface area contributed by atoms with Crippen molar-refractivity contribution < 1.29 is 13.9 Å². The summed E-state index contributed by atoms with van der Waals surface area (Å²) >= 11 is 0. The van der Waals surface area contributed by atoms with Crippen LogP contribution in [-0.4, -0.2) is 26.1 Å². The number of rotatable bonds is 6. The molecule has 0 atom stereocenters. The normalized spacial score (nSPS) is 27.6. The quantitative estimate of drug-likeness (QED) is 0.789. The maximum Gasteiger partial charge on any atom is 0.225 e. The number of hydrogen-bond acceptors (Lipinski definition) is 3. The fourth-order valence-corrected chi connectivity index (χ4v) is 4.44. The minimum absolute atomic E-state index is 0. The fourth-order valence-electron chi connectivity index (χ4n) is 4.44. The molecule has 4 rings (SSSR count). The number of fused-ring (bicyclic) bond motifs is 3. The van der Waals surface area contributed by atoms with Gasteiger partial charge in [-0.2, -0.15) is 0 Å². The molecule has 6 heteroatoms. The van der Waals surface area contributed by atoms with E-state index >= 15 is 0 Å². The van der Waals surface area contributed by atoms with Gasteiger partial charge in [0.2, 0.25) is 5.91 Å². The Morgan fingerprint density at radius 3 is 2.23 bits per heavy atom. The minimum Gasteiger partial charge on any atom is -0.489 e. The first-order valence-electron chi connectivity index (χ1n) is 9.01. The Hall–Kier alpha value is -1.59. The third kappa shape index (κ3) is 3.74. The summed E-state index contributed by atoms with van der Waals surface area (Å²) in [6, 6.07) is 8.14. The van der Waals surface area contributed by atoms with Crippen LogP contribution in [0.3, 0.4) is 0 Å². The molecule has 3 fully saturated rings. The molecule has 144 valence electrons. The van der Waals surface area contributed by atoms with Crippen LogP contribution >= 0.6 is 12.4 Å². The summed E-state index contributed by atoms with van der Waals surface area (Å²) in [5, 5.41) is 2.85. The van der Waals surface area contributed by atoms with Crippen molar-refractivity contribution in [1.82, 2.24) is 5.32 Å². The Morgan fingerprint density at radius 2 is 1.77 bits per heavy atom.